The van der Waals surface area contributed by atoms with Crippen molar-refractivity contribution in [3.63, 3.8) is 0 Å². The van der Waals surface area contributed by atoms with Crippen molar-refractivity contribution < 1.29 is 18.7 Å². The fourth-order valence-electron chi connectivity index (χ4n) is 1.36. The standard InChI is InChI=1S/C10H8ClFO3/c11-7-4-10-9(14-1-2-15-10)3-6(7)8(12)5-13/h3-5,8H,1-2H2. The van der Waals surface area contributed by atoms with Crippen LogP contribution in [0, 0.1) is 0 Å². The maximum absolute atomic E-state index is 13.1. The minimum atomic E-state index is -1.73. The van der Waals surface area contributed by atoms with Crippen LogP contribution in [0.2, 0.25) is 5.02 Å². The number of benzene rings is 1. The third-order valence-corrected chi connectivity index (χ3v) is 2.41. The molecule has 0 aromatic heterocycles. The molecule has 1 aromatic carbocycles. The Kier molecular flexibility index (Phi) is 2.77. The molecule has 0 fully saturated rings. The average Bonchev–Trinajstić information content (AvgIpc) is 2.27. The summed E-state index contributed by atoms with van der Waals surface area (Å²) < 4.78 is 23.6. The van der Waals surface area contributed by atoms with Crippen LogP contribution in [0.1, 0.15) is 11.7 Å². The highest BCUT2D eigenvalue weighted by Crippen LogP contribution is 2.38. The smallest absolute Gasteiger partial charge is 0.182 e. The van der Waals surface area contributed by atoms with Gasteiger partial charge in [-0.2, -0.15) is 0 Å². The summed E-state index contributed by atoms with van der Waals surface area (Å²) in [7, 11) is 0. The summed E-state index contributed by atoms with van der Waals surface area (Å²) >= 11 is 5.80. The first-order valence-corrected chi connectivity index (χ1v) is 4.78. The van der Waals surface area contributed by atoms with Gasteiger partial charge in [-0.1, -0.05) is 11.6 Å². The van der Waals surface area contributed by atoms with Crippen LogP contribution in [0.3, 0.4) is 0 Å². The van der Waals surface area contributed by atoms with Gasteiger partial charge in [0.05, 0.1) is 5.02 Å². The van der Waals surface area contributed by atoms with Crippen molar-refractivity contribution in [3.8, 4) is 11.5 Å². The van der Waals surface area contributed by atoms with Crippen LogP contribution in [0.4, 0.5) is 4.39 Å². The first kappa shape index (κ1) is 10.2. The molecule has 3 nitrogen and oxygen atoms in total. The number of carbonyl (C=O) groups excluding carboxylic acids is 1. The molecule has 1 aliphatic rings. The highest BCUT2D eigenvalue weighted by atomic mass is 35.5. The van der Waals surface area contributed by atoms with Crippen LogP contribution in [-0.4, -0.2) is 19.5 Å². The van der Waals surface area contributed by atoms with Crippen molar-refractivity contribution in [2.45, 2.75) is 6.17 Å². The van der Waals surface area contributed by atoms with Crippen molar-refractivity contribution in [3.05, 3.63) is 22.7 Å². The van der Waals surface area contributed by atoms with Gasteiger partial charge in [0.2, 0.25) is 0 Å². The molecular weight excluding hydrogens is 223 g/mol. The summed E-state index contributed by atoms with van der Waals surface area (Å²) in [5.74, 6) is 0.901. The number of fused-ring (bicyclic) bond motifs is 1. The summed E-state index contributed by atoms with van der Waals surface area (Å²) in [6.07, 6.45) is -1.54. The Morgan fingerprint density at radius 1 is 1.33 bits per heavy atom. The molecule has 1 aliphatic heterocycles. The molecule has 0 saturated carbocycles. The number of halogens is 2. The average molecular weight is 231 g/mol. The van der Waals surface area contributed by atoms with Gasteiger partial charge >= 0.3 is 0 Å². The lowest BCUT2D eigenvalue weighted by Crippen LogP contribution is -2.15. The number of alkyl halides is 1. The van der Waals surface area contributed by atoms with E-state index in [0.29, 0.717) is 24.7 Å². The van der Waals surface area contributed by atoms with Crippen molar-refractivity contribution in [1.82, 2.24) is 0 Å². The topological polar surface area (TPSA) is 35.5 Å². The fraction of sp³-hybridized carbons (Fsp3) is 0.300. The van der Waals surface area contributed by atoms with Crippen LogP contribution in [-0.2, 0) is 4.79 Å². The van der Waals surface area contributed by atoms with E-state index in [9.17, 15) is 9.18 Å². The van der Waals surface area contributed by atoms with E-state index in [-0.39, 0.29) is 16.9 Å². The van der Waals surface area contributed by atoms with E-state index >= 15 is 0 Å². The number of hydrogen-bond acceptors (Lipinski definition) is 3. The Balaban J connectivity index is 2.44. The zero-order valence-corrected chi connectivity index (χ0v) is 8.46. The number of carbonyl (C=O) groups is 1. The second-order valence-corrected chi connectivity index (χ2v) is 3.46. The van der Waals surface area contributed by atoms with Crippen molar-refractivity contribution in [1.29, 1.82) is 0 Å². The summed E-state index contributed by atoms with van der Waals surface area (Å²) in [5.41, 5.74) is 0.107. The van der Waals surface area contributed by atoms with Crippen molar-refractivity contribution in [2.75, 3.05) is 13.2 Å². The monoisotopic (exact) mass is 230 g/mol. The minimum absolute atomic E-state index is 0.107. The molecule has 80 valence electrons. The molecule has 0 aliphatic carbocycles. The van der Waals surface area contributed by atoms with E-state index < -0.39 is 6.17 Å². The SMILES string of the molecule is O=CC(F)c1cc2c(cc1Cl)OCCO2. The van der Waals surface area contributed by atoms with E-state index in [1.807, 2.05) is 0 Å². The van der Waals surface area contributed by atoms with E-state index in [2.05, 4.69) is 0 Å². The first-order chi connectivity index (χ1) is 7.22. The summed E-state index contributed by atoms with van der Waals surface area (Å²) in [6, 6.07) is 2.86. The molecular formula is C10H8ClFO3. The third kappa shape index (κ3) is 1.90. The summed E-state index contributed by atoms with van der Waals surface area (Å²) in [6.45, 7) is 0.849. The molecule has 0 radical (unpaired) electrons. The third-order valence-electron chi connectivity index (χ3n) is 2.08. The zero-order chi connectivity index (χ0) is 10.8. The predicted octanol–water partition coefficient (Wildman–Crippen LogP) is 2.32. The van der Waals surface area contributed by atoms with Crippen LogP contribution in [0.15, 0.2) is 12.1 Å². The number of rotatable bonds is 2. The van der Waals surface area contributed by atoms with Crippen LogP contribution >= 0.6 is 11.6 Å². The summed E-state index contributed by atoms with van der Waals surface area (Å²) in [5, 5.41) is 0.166. The van der Waals surface area contributed by atoms with Crippen LogP contribution < -0.4 is 9.47 Å². The second kappa shape index (κ2) is 4.06. The molecule has 1 heterocycles. The predicted molar refractivity (Wildman–Crippen MR) is 52.4 cm³/mol. The van der Waals surface area contributed by atoms with Gasteiger partial charge in [-0.3, -0.25) is 4.79 Å². The van der Waals surface area contributed by atoms with Gasteiger partial charge in [0, 0.05) is 11.6 Å². The van der Waals surface area contributed by atoms with Gasteiger partial charge in [0.15, 0.2) is 24.0 Å². The highest BCUT2D eigenvalue weighted by Gasteiger charge is 2.19. The van der Waals surface area contributed by atoms with Crippen LogP contribution in [0.5, 0.6) is 11.5 Å². The Morgan fingerprint density at radius 2 is 1.93 bits per heavy atom. The maximum atomic E-state index is 13.1. The van der Waals surface area contributed by atoms with E-state index in [1.54, 1.807) is 0 Å². The molecule has 0 N–H and O–H groups in total. The van der Waals surface area contributed by atoms with Gasteiger partial charge in [-0.15, -0.1) is 0 Å². The van der Waals surface area contributed by atoms with E-state index in [4.69, 9.17) is 21.1 Å². The van der Waals surface area contributed by atoms with E-state index in [0.717, 1.165) is 0 Å². The minimum Gasteiger partial charge on any atom is -0.486 e. The molecule has 0 bridgehead atoms. The zero-order valence-electron chi connectivity index (χ0n) is 7.70. The first-order valence-electron chi connectivity index (χ1n) is 4.41. The van der Waals surface area contributed by atoms with E-state index in [1.165, 1.54) is 12.1 Å². The van der Waals surface area contributed by atoms with Crippen LogP contribution in [0.25, 0.3) is 0 Å². The lowest BCUT2D eigenvalue weighted by molar-refractivity contribution is -0.112. The van der Waals surface area contributed by atoms with Crippen molar-refractivity contribution >= 4 is 17.9 Å². The molecule has 0 saturated heterocycles. The van der Waals surface area contributed by atoms with Gasteiger partial charge in [0.1, 0.15) is 13.2 Å². The summed E-state index contributed by atoms with van der Waals surface area (Å²) in [4.78, 5) is 10.3. The Labute approximate surface area is 90.7 Å². The quantitative estimate of drug-likeness (QED) is 0.732. The van der Waals surface area contributed by atoms with Gasteiger partial charge < -0.3 is 9.47 Å². The number of hydrogen-bond donors (Lipinski definition) is 0. The lowest BCUT2D eigenvalue weighted by Gasteiger charge is -2.19. The van der Waals surface area contributed by atoms with Gasteiger partial charge in [-0.25, -0.2) is 4.39 Å². The molecule has 0 spiro atoms. The lowest BCUT2D eigenvalue weighted by atomic mass is 10.1. The maximum Gasteiger partial charge on any atom is 0.182 e. The largest absolute Gasteiger partial charge is 0.486 e. The molecule has 1 aromatic rings. The van der Waals surface area contributed by atoms with Crippen molar-refractivity contribution in [2.24, 2.45) is 0 Å². The Hall–Kier alpha value is -1.29. The Morgan fingerprint density at radius 3 is 2.53 bits per heavy atom. The van der Waals surface area contributed by atoms with Gasteiger partial charge in [0.25, 0.3) is 0 Å². The second-order valence-electron chi connectivity index (χ2n) is 3.06. The molecule has 2 rings (SSSR count). The normalized spacial score (nSPS) is 15.9. The number of ether oxygens (including phenoxy) is 2. The Bertz CT molecular complexity index is 394. The highest BCUT2D eigenvalue weighted by molar-refractivity contribution is 6.31. The fourth-order valence-corrected chi connectivity index (χ4v) is 1.62. The molecule has 5 heteroatoms. The molecule has 1 atom stereocenters. The molecule has 15 heavy (non-hydrogen) atoms. The molecule has 1 unspecified atom stereocenters. The number of aldehydes is 1. The van der Waals surface area contributed by atoms with Gasteiger partial charge in [-0.05, 0) is 6.07 Å². The molecule has 0 amide bonds.